The summed E-state index contributed by atoms with van der Waals surface area (Å²) in [5.74, 6) is 0.0181. The van der Waals surface area contributed by atoms with Gasteiger partial charge in [0, 0.05) is 0 Å². The molecule has 6 heteroatoms. The molecule has 0 bridgehead atoms. The second-order valence-electron chi connectivity index (χ2n) is 5.02. The van der Waals surface area contributed by atoms with Crippen LogP contribution in [0.2, 0.25) is 10.0 Å². The van der Waals surface area contributed by atoms with Gasteiger partial charge in [-0.2, -0.15) is 0 Å². The van der Waals surface area contributed by atoms with Crippen molar-refractivity contribution in [2.75, 3.05) is 31.6 Å². The van der Waals surface area contributed by atoms with Crippen molar-refractivity contribution in [2.45, 2.75) is 12.8 Å². The van der Waals surface area contributed by atoms with Crippen molar-refractivity contribution >= 4 is 34.8 Å². The molecule has 110 valence electrons. The van der Waals surface area contributed by atoms with Crippen LogP contribution in [0.25, 0.3) is 0 Å². The van der Waals surface area contributed by atoms with Crippen molar-refractivity contribution in [3.05, 3.63) is 28.2 Å². The van der Waals surface area contributed by atoms with Crippen LogP contribution in [0.5, 0.6) is 0 Å². The number of amides is 1. The first-order valence-electron chi connectivity index (χ1n) is 6.62. The molecule has 0 aromatic heterocycles. The van der Waals surface area contributed by atoms with Crippen LogP contribution in [-0.4, -0.2) is 37.1 Å². The van der Waals surface area contributed by atoms with E-state index in [1.807, 2.05) is 4.90 Å². The van der Waals surface area contributed by atoms with Gasteiger partial charge in [0.15, 0.2) is 0 Å². The average Bonchev–Trinajstić information content (AvgIpc) is 2.45. The summed E-state index contributed by atoms with van der Waals surface area (Å²) >= 11 is 11.9. The summed E-state index contributed by atoms with van der Waals surface area (Å²) in [4.78, 5) is 14.0. The third-order valence-electron chi connectivity index (χ3n) is 3.52. The lowest BCUT2D eigenvalue weighted by atomic mass is 9.98. The molecule has 1 aliphatic heterocycles. The Morgan fingerprint density at radius 1 is 1.35 bits per heavy atom. The van der Waals surface area contributed by atoms with E-state index in [1.54, 1.807) is 18.2 Å². The second-order valence-corrected chi connectivity index (χ2v) is 5.81. The lowest BCUT2D eigenvalue weighted by molar-refractivity contribution is -0.117. The normalized spacial score (nSPS) is 17.1. The number of piperidine rings is 1. The second kappa shape index (κ2) is 7.25. The van der Waals surface area contributed by atoms with Crippen molar-refractivity contribution in [1.82, 2.24) is 4.90 Å². The zero-order chi connectivity index (χ0) is 14.5. The molecule has 1 fully saturated rings. The van der Waals surface area contributed by atoms with Crippen LogP contribution in [0.15, 0.2) is 18.2 Å². The first-order valence-corrected chi connectivity index (χ1v) is 7.38. The third-order valence-corrected chi connectivity index (χ3v) is 4.34. The van der Waals surface area contributed by atoms with Gasteiger partial charge >= 0.3 is 0 Å². The minimum absolute atomic E-state index is 0.132. The number of halogens is 3. The van der Waals surface area contributed by atoms with Crippen molar-refractivity contribution in [3.63, 3.8) is 0 Å². The van der Waals surface area contributed by atoms with Crippen molar-refractivity contribution in [1.29, 1.82) is 0 Å². The molecule has 1 saturated heterocycles. The van der Waals surface area contributed by atoms with Gasteiger partial charge in [0.05, 0.1) is 29.0 Å². The Kier molecular flexibility index (Phi) is 5.64. The number of carbonyl (C=O) groups excluding carboxylic acids is 1. The molecule has 2 rings (SSSR count). The van der Waals surface area contributed by atoms with E-state index >= 15 is 0 Å². The van der Waals surface area contributed by atoms with Crippen LogP contribution in [0.1, 0.15) is 12.8 Å². The number of hydrogen-bond acceptors (Lipinski definition) is 2. The zero-order valence-corrected chi connectivity index (χ0v) is 12.6. The van der Waals surface area contributed by atoms with Gasteiger partial charge in [0.25, 0.3) is 0 Å². The maximum Gasteiger partial charge on any atom is 0.238 e. The van der Waals surface area contributed by atoms with Gasteiger partial charge in [0.1, 0.15) is 0 Å². The Labute approximate surface area is 128 Å². The summed E-state index contributed by atoms with van der Waals surface area (Å²) in [6.45, 7) is 1.54. The molecule has 0 atom stereocenters. The van der Waals surface area contributed by atoms with Gasteiger partial charge in [0.2, 0.25) is 5.91 Å². The minimum atomic E-state index is -0.266. The van der Waals surface area contributed by atoms with Gasteiger partial charge in [-0.1, -0.05) is 29.3 Å². The first-order chi connectivity index (χ1) is 9.60. The predicted molar refractivity (Wildman–Crippen MR) is 80.2 cm³/mol. The number of hydrogen-bond donors (Lipinski definition) is 1. The van der Waals surface area contributed by atoms with Crippen molar-refractivity contribution in [2.24, 2.45) is 5.92 Å². The molecule has 1 aromatic carbocycles. The number of nitrogens with zero attached hydrogens (tertiary/aromatic N) is 1. The summed E-state index contributed by atoms with van der Waals surface area (Å²) in [6.07, 6.45) is 1.61. The lowest BCUT2D eigenvalue weighted by Crippen LogP contribution is -2.39. The summed E-state index contributed by atoms with van der Waals surface area (Å²) in [5, 5.41) is 3.51. The van der Waals surface area contributed by atoms with Gasteiger partial charge in [-0.15, -0.1) is 0 Å². The largest absolute Gasteiger partial charge is 0.324 e. The molecule has 0 saturated carbocycles. The van der Waals surface area contributed by atoms with E-state index in [4.69, 9.17) is 23.2 Å². The number of carbonyl (C=O) groups is 1. The standard InChI is InChI=1S/C14H17Cl2FN2O/c15-11-2-1-3-12(14(11)16)18-13(20)9-19-6-4-10(8-17)5-7-19/h1-3,10H,4-9H2,(H,18,20). The van der Waals surface area contributed by atoms with Gasteiger partial charge in [-0.25, -0.2) is 0 Å². The lowest BCUT2D eigenvalue weighted by Gasteiger charge is -2.30. The molecule has 3 nitrogen and oxygen atoms in total. The van der Waals surface area contributed by atoms with Crippen molar-refractivity contribution in [3.8, 4) is 0 Å². The van der Waals surface area contributed by atoms with Crippen LogP contribution in [0.3, 0.4) is 0 Å². The first kappa shape index (κ1) is 15.5. The van der Waals surface area contributed by atoms with E-state index in [0.717, 1.165) is 25.9 Å². The maximum atomic E-state index is 12.5. The number of likely N-dealkylation sites (tertiary alicyclic amines) is 1. The number of nitrogens with one attached hydrogen (secondary N) is 1. The Bertz CT molecular complexity index is 476. The van der Waals surface area contributed by atoms with Crippen LogP contribution >= 0.6 is 23.2 Å². The molecule has 1 amide bonds. The van der Waals surface area contributed by atoms with E-state index in [2.05, 4.69) is 5.32 Å². The van der Waals surface area contributed by atoms with Crippen LogP contribution < -0.4 is 5.32 Å². The van der Waals surface area contributed by atoms with Crippen LogP contribution in [0.4, 0.5) is 10.1 Å². The number of alkyl halides is 1. The molecule has 20 heavy (non-hydrogen) atoms. The van der Waals surface area contributed by atoms with Gasteiger partial charge < -0.3 is 5.32 Å². The number of benzene rings is 1. The summed E-state index contributed by atoms with van der Waals surface area (Å²) in [5.41, 5.74) is 0.516. The SMILES string of the molecule is O=C(CN1CCC(CF)CC1)Nc1cccc(Cl)c1Cl. The molecule has 0 radical (unpaired) electrons. The molecule has 1 aromatic rings. The number of anilines is 1. The van der Waals surface area contributed by atoms with E-state index in [0.29, 0.717) is 22.3 Å². The summed E-state index contributed by atoms with van der Waals surface area (Å²) < 4.78 is 12.5. The summed E-state index contributed by atoms with van der Waals surface area (Å²) in [7, 11) is 0. The monoisotopic (exact) mass is 318 g/mol. The van der Waals surface area contributed by atoms with Crippen LogP contribution in [-0.2, 0) is 4.79 Å². The minimum Gasteiger partial charge on any atom is -0.324 e. The number of rotatable bonds is 4. The highest BCUT2D eigenvalue weighted by Gasteiger charge is 2.20. The van der Waals surface area contributed by atoms with E-state index in [9.17, 15) is 9.18 Å². The predicted octanol–water partition coefficient (Wildman–Crippen LogP) is 3.61. The fraction of sp³-hybridized carbons (Fsp3) is 0.500. The molecular weight excluding hydrogens is 302 g/mol. The Hall–Kier alpha value is -0.840. The fourth-order valence-corrected chi connectivity index (χ4v) is 2.64. The highest BCUT2D eigenvalue weighted by Crippen LogP contribution is 2.29. The molecule has 1 N–H and O–H groups in total. The Morgan fingerprint density at radius 3 is 2.70 bits per heavy atom. The Balaban J connectivity index is 1.85. The average molecular weight is 319 g/mol. The highest BCUT2D eigenvalue weighted by molar-refractivity contribution is 6.43. The molecule has 1 heterocycles. The van der Waals surface area contributed by atoms with Crippen molar-refractivity contribution < 1.29 is 9.18 Å². The third kappa shape index (κ3) is 4.08. The topological polar surface area (TPSA) is 32.3 Å². The molecule has 0 unspecified atom stereocenters. The Morgan fingerprint density at radius 2 is 2.05 bits per heavy atom. The zero-order valence-electron chi connectivity index (χ0n) is 11.0. The fourth-order valence-electron chi connectivity index (χ4n) is 2.29. The van der Waals surface area contributed by atoms with E-state index in [1.165, 1.54) is 0 Å². The van der Waals surface area contributed by atoms with Gasteiger partial charge in [-0.3, -0.25) is 14.1 Å². The molecule has 0 aliphatic carbocycles. The highest BCUT2D eigenvalue weighted by atomic mass is 35.5. The summed E-state index contributed by atoms with van der Waals surface area (Å²) in [6, 6.07) is 5.11. The molecular formula is C14H17Cl2FN2O. The van der Waals surface area contributed by atoms with E-state index < -0.39 is 0 Å². The smallest absolute Gasteiger partial charge is 0.238 e. The maximum absolute atomic E-state index is 12.5. The van der Waals surface area contributed by atoms with E-state index in [-0.39, 0.29) is 18.5 Å². The molecule has 1 aliphatic rings. The quantitative estimate of drug-likeness (QED) is 0.919. The van der Waals surface area contributed by atoms with Gasteiger partial charge in [-0.05, 0) is 44.0 Å². The molecule has 0 spiro atoms. The van der Waals surface area contributed by atoms with Crippen LogP contribution in [0, 0.1) is 5.92 Å².